The Morgan fingerprint density at radius 3 is 2.11 bits per heavy atom. The molecule has 0 aliphatic rings. The maximum atomic E-state index is 12.3. The monoisotopic (exact) mass is 371 g/mol. The zero-order valence-electron chi connectivity index (χ0n) is 16.0. The van der Waals surface area contributed by atoms with Crippen LogP contribution < -0.4 is 16.0 Å². The molecule has 3 amide bonds. The fourth-order valence-corrected chi connectivity index (χ4v) is 2.27. The fraction of sp³-hybridized carbons (Fsp3) is 0.350. The zero-order chi connectivity index (χ0) is 20.0. The molecule has 0 saturated heterocycles. The maximum absolute atomic E-state index is 12.3. The summed E-state index contributed by atoms with van der Waals surface area (Å²) in [5.41, 5.74) is 0.490. The number of hydrogen-bond donors (Lipinski definition) is 3. The van der Waals surface area contributed by atoms with Crippen molar-refractivity contribution in [2.75, 3.05) is 0 Å². The smallest absolute Gasteiger partial charge is 0.251 e. The second kappa shape index (κ2) is 8.53. The maximum Gasteiger partial charge on any atom is 0.251 e. The minimum Gasteiger partial charge on any atom is -0.467 e. The van der Waals surface area contributed by atoms with E-state index in [9.17, 15) is 14.4 Å². The van der Waals surface area contributed by atoms with Crippen LogP contribution >= 0.6 is 0 Å². The third-order valence-corrected chi connectivity index (χ3v) is 3.66. The molecular formula is C20H25N3O4. The standard InChI is InChI=1S/C20H25N3O4/c1-13(17(24)21-12-16-6-5-11-27-16)22-18(25)14-7-9-15(10-8-14)19(26)23-20(2,3)4/h5-11,13H,12H2,1-4H3,(H,21,24)(H,22,25)(H,23,26). The lowest BCUT2D eigenvalue weighted by Crippen LogP contribution is -2.44. The van der Waals surface area contributed by atoms with Crippen molar-refractivity contribution >= 4 is 17.7 Å². The van der Waals surface area contributed by atoms with E-state index in [4.69, 9.17) is 4.42 Å². The van der Waals surface area contributed by atoms with Gasteiger partial charge >= 0.3 is 0 Å². The molecule has 1 heterocycles. The molecule has 2 rings (SSSR count). The molecule has 0 bridgehead atoms. The molecule has 0 fully saturated rings. The summed E-state index contributed by atoms with van der Waals surface area (Å²) in [5, 5.41) is 8.17. The summed E-state index contributed by atoms with van der Waals surface area (Å²) in [6, 6.07) is 9.05. The minimum absolute atomic E-state index is 0.208. The first-order chi connectivity index (χ1) is 12.7. The Kier molecular flexibility index (Phi) is 6.39. The summed E-state index contributed by atoms with van der Waals surface area (Å²) in [6.07, 6.45) is 1.53. The molecule has 1 aromatic carbocycles. The molecule has 1 aromatic heterocycles. The van der Waals surface area contributed by atoms with Gasteiger partial charge in [0.1, 0.15) is 11.8 Å². The van der Waals surface area contributed by atoms with Crippen LogP contribution in [-0.2, 0) is 11.3 Å². The second-order valence-corrected chi connectivity index (χ2v) is 7.27. The predicted molar refractivity (Wildman–Crippen MR) is 101 cm³/mol. The van der Waals surface area contributed by atoms with Gasteiger partial charge < -0.3 is 20.4 Å². The molecule has 0 aliphatic carbocycles. The molecule has 3 N–H and O–H groups in total. The number of furan rings is 1. The molecule has 0 aliphatic heterocycles. The Balaban J connectivity index is 1.89. The summed E-state index contributed by atoms with van der Waals surface area (Å²) in [4.78, 5) is 36.5. The number of amides is 3. The third kappa shape index (κ3) is 6.29. The minimum atomic E-state index is -0.712. The number of carbonyl (C=O) groups excluding carboxylic acids is 3. The summed E-state index contributed by atoms with van der Waals surface area (Å²) < 4.78 is 5.14. The lowest BCUT2D eigenvalue weighted by Gasteiger charge is -2.20. The van der Waals surface area contributed by atoms with Gasteiger partial charge in [-0.3, -0.25) is 14.4 Å². The summed E-state index contributed by atoms with van der Waals surface area (Å²) >= 11 is 0. The van der Waals surface area contributed by atoms with E-state index in [0.717, 1.165) is 0 Å². The van der Waals surface area contributed by atoms with Gasteiger partial charge in [0.05, 0.1) is 12.8 Å². The van der Waals surface area contributed by atoms with E-state index in [1.54, 1.807) is 43.3 Å². The van der Waals surface area contributed by atoms with Gasteiger partial charge in [-0.15, -0.1) is 0 Å². The van der Waals surface area contributed by atoms with E-state index < -0.39 is 11.9 Å². The Bertz CT molecular complexity index is 790. The van der Waals surface area contributed by atoms with Crippen molar-refractivity contribution in [3.63, 3.8) is 0 Å². The lowest BCUT2D eigenvalue weighted by molar-refractivity contribution is -0.122. The SMILES string of the molecule is CC(NC(=O)c1ccc(C(=O)NC(C)(C)C)cc1)C(=O)NCc1ccco1. The number of hydrogen-bond acceptors (Lipinski definition) is 4. The van der Waals surface area contributed by atoms with Crippen LogP contribution in [0, 0.1) is 0 Å². The van der Waals surface area contributed by atoms with Gasteiger partial charge in [-0.1, -0.05) is 0 Å². The van der Waals surface area contributed by atoms with Crippen LogP contribution in [0.4, 0.5) is 0 Å². The van der Waals surface area contributed by atoms with Crippen LogP contribution in [0.15, 0.2) is 47.1 Å². The van der Waals surface area contributed by atoms with Gasteiger partial charge in [-0.05, 0) is 64.1 Å². The van der Waals surface area contributed by atoms with E-state index in [1.807, 2.05) is 20.8 Å². The average Bonchev–Trinajstić information content (AvgIpc) is 3.11. The van der Waals surface area contributed by atoms with Crippen LogP contribution in [0.3, 0.4) is 0 Å². The molecule has 144 valence electrons. The largest absolute Gasteiger partial charge is 0.467 e. The van der Waals surface area contributed by atoms with E-state index >= 15 is 0 Å². The zero-order valence-corrected chi connectivity index (χ0v) is 16.0. The third-order valence-electron chi connectivity index (χ3n) is 3.66. The lowest BCUT2D eigenvalue weighted by atomic mass is 10.1. The Morgan fingerprint density at radius 1 is 1.00 bits per heavy atom. The summed E-state index contributed by atoms with van der Waals surface area (Å²) in [5.74, 6) is -0.287. The van der Waals surface area contributed by atoms with E-state index in [2.05, 4.69) is 16.0 Å². The normalized spacial score (nSPS) is 12.1. The summed E-state index contributed by atoms with van der Waals surface area (Å²) in [6.45, 7) is 7.53. The van der Waals surface area contributed by atoms with Crippen LogP contribution in [0.1, 0.15) is 54.2 Å². The number of benzene rings is 1. The average molecular weight is 371 g/mol. The fourth-order valence-electron chi connectivity index (χ4n) is 2.27. The molecule has 1 unspecified atom stereocenters. The molecule has 7 heteroatoms. The molecule has 0 saturated carbocycles. The van der Waals surface area contributed by atoms with Crippen LogP contribution in [0.5, 0.6) is 0 Å². The van der Waals surface area contributed by atoms with Crippen LogP contribution in [0.2, 0.25) is 0 Å². The Morgan fingerprint density at radius 2 is 1.59 bits per heavy atom. The van der Waals surface area contributed by atoms with Gasteiger partial charge in [0.25, 0.3) is 11.8 Å². The van der Waals surface area contributed by atoms with Crippen molar-refractivity contribution < 1.29 is 18.8 Å². The Hall–Kier alpha value is -3.09. The topological polar surface area (TPSA) is 100 Å². The first-order valence-electron chi connectivity index (χ1n) is 8.69. The van der Waals surface area contributed by atoms with Crippen LogP contribution in [-0.4, -0.2) is 29.3 Å². The highest BCUT2D eigenvalue weighted by Crippen LogP contribution is 2.08. The molecule has 2 aromatic rings. The Labute approximate surface area is 158 Å². The summed E-state index contributed by atoms with van der Waals surface area (Å²) in [7, 11) is 0. The first-order valence-corrected chi connectivity index (χ1v) is 8.69. The van der Waals surface area contributed by atoms with Crippen molar-refractivity contribution in [2.24, 2.45) is 0 Å². The van der Waals surface area contributed by atoms with E-state index in [0.29, 0.717) is 16.9 Å². The van der Waals surface area contributed by atoms with E-state index in [1.165, 1.54) is 6.26 Å². The van der Waals surface area contributed by atoms with Gasteiger partial charge in [-0.25, -0.2) is 0 Å². The molecule has 27 heavy (non-hydrogen) atoms. The van der Waals surface area contributed by atoms with Gasteiger partial charge in [0.15, 0.2) is 0 Å². The van der Waals surface area contributed by atoms with Gasteiger partial charge in [0, 0.05) is 16.7 Å². The van der Waals surface area contributed by atoms with Gasteiger partial charge in [-0.2, -0.15) is 0 Å². The highest BCUT2D eigenvalue weighted by molar-refractivity contribution is 5.99. The second-order valence-electron chi connectivity index (χ2n) is 7.27. The quantitative estimate of drug-likeness (QED) is 0.725. The van der Waals surface area contributed by atoms with Crippen LogP contribution in [0.25, 0.3) is 0 Å². The highest BCUT2D eigenvalue weighted by Gasteiger charge is 2.18. The van der Waals surface area contributed by atoms with Crippen molar-refractivity contribution in [3.8, 4) is 0 Å². The molecule has 0 radical (unpaired) electrons. The molecule has 7 nitrogen and oxygen atoms in total. The first kappa shape index (κ1) is 20.2. The van der Waals surface area contributed by atoms with Crippen molar-refractivity contribution in [1.82, 2.24) is 16.0 Å². The van der Waals surface area contributed by atoms with E-state index in [-0.39, 0.29) is 23.9 Å². The molecule has 1 atom stereocenters. The van der Waals surface area contributed by atoms with Crippen molar-refractivity contribution in [1.29, 1.82) is 0 Å². The molecular weight excluding hydrogens is 346 g/mol. The van der Waals surface area contributed by atoms with Gasteiger partial charge in [0.2, 0.25) is 5.91 Å². The predicted octanol–water partition coefficient (Wildman–Crippen LogP) is 2.24. The van der Waals surface area contributed by atoms with Crippen molar-refractivity contribution in [2.45, 2.75) is 45.8 Å². The number of nitrogens with one attached hydrogen (secondary N) is 3. The number of rotatable bonds is 6. The van der Waals surface area contributed by atoms with Crippen molar-refractivity contribution in [3.05, 3.63) is 59.5 Å². The number of carbonyl (C=O) groups is 3. The highest BCUT2D eigenvalue weighted by atomic mass is 16.3. The molecule has 0 spiro atoms.